The van der Waals surface area contributed by atoms with Gasteiger partial charge < -0.3 is 26.2 Å². The zero-order chi connectivity index (χ0) is 19.4. The molecule has 2 aliphatic rings. The predicted octanol–water partition coefficient (Wildman–Crippen LogP) is 2.05. The van der Waals surface area contributed by atoms with Crippen molar-refractivity contribution in [3.05, 3.63) is 11.8 Å². The summed E-state index contributed by atoms with van der Waals surface area (Å²) in [6.07, 6.45) is 8.70. The molecule has 1 aromatic rings. The molecule has 150 valence electrons. The lowest BCUT2D eigenvalue weighted by Gasteiger charge is -2.37. The summed E-state index contributed by atoms with van der Waals surface area (Å²) in [7, 11) is 1.75. The van der Waals surface area contributed by atoms with Crippen LogP contribution in [0.15, 0.2) is 6.20 Å². The van der Waals surface area contributed by atoms with Gasteiger partial charge in [0.05, 0.1) is 17.8 Å². The van der Waals surface area contributed by atoms with Gasteiger partial charge in [0.1, 0.15) is 5.82 Å². The molecular formula is C19H31N5O3. The van der Waals surface area contributed by atoms with E-state index < -0.39 is 5.91 Å². The molecule has 2 atom stereocenters. The zero-order valence-corrected chi connectivity index (χ0v) is 16.2. The van der Waals surface area contributed by atoms with Crippen molar-refractivity contribution in [3.63, 3.8) is 0 Å². The van der Waals surface area contributed by atoms with Gasteiger partial charge >= 0.3 is 0 Å². The number of ether oxygens (including phenoxy) is 1. The van der Waals surface area contributed by atoms with Crippen molar-refractivity contribution in [1.82, 2.24) is 9.97 Å². The maximum Gasteiger partial charge on any atom is 0.254 e. The highest BCUT2D eigenvalue weighted by molar-refractivity contribution is 5.97. The van der Waals surface area contributed by atoms with E-state index in [1.807, 2.05) is 6.92 Å². The molecule has 3 rings (SSSR count). The fourth-order valence-electron chi connectivity index (χ4n) is 4.20. The zero-order valence-electron chi connectivity index (χ0n) is 16.2. The largest absolute Gasteiger partial charge is 0.393 e. The first-order valence-electron chi connectivity index (χ1n) is 9.81. The van der Waals surface area contributed by atoms with Gasteiger partial charge in [0.2, 0.25) is 5.95 Å². The summed E-state index contributed by atoms with van der Waals surface area (Å²) in [5.41, 5.74) is 5.45. The van der Waals surface area contributed by atoms with Gasteiger partial charge in [-0.25, -0.2) is 4.98 Å². The Balaban J connectivity index is 1.74. The fourth-order valence-corrected chi connectivity index (χ4v) is 4.20. The molecule has 1 amide bonds. The highest BCUT2D eigenvalue weighted by Crippen LogP contribution is 2.32. The Labute approximate surface area is 160 Å². The van der Waals surface area contributed by atoms with Crippen LogP contribution in [0.25, 0.3) is 0 Å². The van der Waals surface area contributed by atoms with Crippen LogP contribution in [0.5, 0.6) is 0 Å². The lowest BCUT2D eigenvalue weighted by molar-refractivity contribution is 0.0681. The van der Waals surface area contributed by atoms with E-state index in [0.717, 1.165) is 44.9 Å². The molecule has 0 unspecified atom stereocenters. The third-order valence-electron chi connectivity index (χ3n) is 5.77. The SMILES string of the molecule is CO[C@H]1CC[C@H](Nc2ncc(C(N)=O)c(N[C@]3(C)CCC[C@H](O)C3)n2)CC1. The topological polar surface area (TPSA) is 122 Å². The first-order chi connectivity index (χ1) is 12.9. The van der Waals surface area contributed by atoms with Crippen molar-refractivity contribution in [2.24, 2.45) is 5.73 Å². The summed E-state index contributed by atoms with van der Waals surface area (Å²) in [6.45, 7) is 2.04. The van der Waals surface area contributed by atoms with Crippen LogP contribution >= 0.6 is 0 Å². The number of carbonyl (C=O) groups is 1. The van der Waals surface area contributed by atoms with Gasteiger partial charge in [0.25, 0.3) is 5.91 Å². The molecule has 2 aliphatic carbocycles. The summed E-state index contributed by atoms with van der Waals surface area (Å²) >= 11 is 0. The molecule has 5 N–H and O–H groups in total. The van der Waals surface area contributed by atoms with Crippen LogP contribution in [0.1, 0.15) is 68.6 Å². The Kier molecular flexibility index (Phi) is 6.16. The first-order valence-corrected chi connectivity index (χ1v) is 9.81. The van der Waals surface area contributed by atoms with Crippen LogP contribution < -0.4 is 16.4 Å². The smallest absolute Gasteiger partial charge is 0.254 e. The number of nitrogens with one attached hydrogen (secondary N) is 2. The van der Waals surface area contributed by atoms with Crippen molar-refractivity contribution in [2.45, 2.75) is 82.1 Å². The summed E-state index contributed by atoms with van der Waals surface area (Å²) < 4.78 is 5.41. The minimum atomic E-state index is -0.565. The fraction of sp³-hybridized carbons (Fsp3) is 0.737. The molecule has 0 spiro atoms. The molecule has 1 aromatic heterocycles. The monoisotopic (exact) mass is 377 g/mol. The number of aromatic nitrogens is 2. The van der Waals surface area contributed by atoms with Crippen molar-refractivity contribution < 1.29 is 14.6 Å². The predicted molar refractivity (Wildman–Crippen MR) is 104 cm³/mol. The van der Waals surface area contributed by atoms with Gasteiger partial charge in [-0.2, -0.15) is 4.98 Å². The number of methoxy groups -OCH3 is 1. The summed E-state index contributed by atoms with van der Waals surface area (Å²) in [6, 6.07) is 0.288. The molecule has 2 saturated carbocycles. The van der Waals surface area contributed by atoms with Crippen molar-refractivity contribution >= 4 is 17.7 Å². The first kappa shape index (κ1) is 19.8. The molecule has 0 radical (unpaired) electrons. The van der Waals surface area contributed by atoms with Crippen LogP contribution in [0.2, 0.25) is 0 Å². The number of nitrogens with two attached hydrogens (primary N) is 1. The Hall–Kier alpha value is -1.93. The normalized spacial score (nSPS) is 31.3. The van der Waals surface area contributed by atoms with Gasteiger partial charge in [-0.3, -0.25) is 4.79 Å². The number of hydrogen-bond acceptors (Lipinski definition) is 7. The van der Waals surface area contributed by atoms with E-state index >= 15 is 0 Å². The van der Waals surface area contributed by atoms with Crippen LogP contribution in [0, 0.1) is 0 Å². The van der Waals surface area contributed by atoms with E-state index in [-0.39, 0.29) is 23.2 Å². The number of nitrogens with zero attached hydrogens (tertiary/aromatic N) is 2. The van der Waals surface area contributed by atoms with Crippen LogP contribution in [0.4, 0.5) is 11.8 Å². The highest BCUT2D eigenvalue weighted by atomic mass is 16.5. The number of rotatable bonds is 6. The molecule has 8 nitrogen and oxygen atoms in total. The molecular weight excluding hydrogens is 346 g/mol. The third-order valence-corrected chi connectivity index (χ3v) is 5.77. The lowest BCUT2D eigenvalue weighted by atomic mass is 9.81. The number of primary amides is 1. The molecule has 0 aliphatic heterocycles. The maximum absolute atomic E-state index is 11.8. The molecule has 0 bridgehead atoms. The second-order valence-electron chi connectivity index (χ2n) is 8.11. The van der Waals surface area contributed by atoms with Gasteiger partial charge in [0.15, 0.2) is 0 Å². The van der Waals surface area contributed by atoms with Gasteiger partial charge in [-0.05, 0) is 58.3 Å². The van der Waals surface area contributed by atoms with Crippen LogP contribution in [-0.4, -0.2) is 51.9 Å². The number of hydrogen-bond donors (Lipinski definition) is 4. The second-order valence-corrected chi connectivity index (χ2v) is 8.11. The Morgan fingerprint density at radius 3 is 2.70 bits per heavy atom. The van der Waals surface area contributed by atoms with E-state index in [4.69, 9.17) is 10.5 Å². The van der Waals surface area contributed by atoms with E-state index in [9.17, 15) is 9.90 Å². The Morgan fingerprint density at radius 1 is 1.33 bits per heavy atom. The van der Waals surface area contributed by atoms with E-state index in [1.165, 1.54) is 6.20 Å². The summed E-state index contributed by atoms with van der Waals surface area (Å²) in [4.78, 5) is 20.6. The highest BCUT2D eigenvalue weighted by Gasteiger charge is 2.33. The molecule has 8 heteroatoms. The number of carbonyl (C=O) groups excluding carboxylic acids is 1. The van der Waals surface area contributed by atoms with Gasteiger partial charge in [-0.1, -0.05) is 0 Å². The molecule has 0 saturated heterocycles. The average molecular weight is 377 g/mol. The number of anilines is 2. The van der Waals surface area contributed by atoms with E-state index in [2.05, 4.69) is 20.6 Å². The second kappa shape index (κ2) is 8.39. The van der Waals surface area contributed by atoms with Crippen molar-refractivity contribution in [2.75, 3.05) is 17.7 Å². The lowest BCUT2D eigenvalue weighted by Crippen LogP contribution is -2.42. The standard InChI is InChI=1S/C19H31N5O3/c1-19(9-3-4-13(25)10-19)24-17-15(16(20)26)11-21-18(23-17)22-12-5-7-14(27-2)8-6-12/h11-14,25H,3-10H2,1-2H3,(H2,20,26)(H2,21,22,23,24)/t12-,13-,14-,19+/m0/s1. The summed E-state index contributed by atoms with van der Waals surface area (Å²) in [5, 5.41) is 16.8. The Morgan fingerprint density at radius 2 is 2.07 bits per heavy atom. The maximum atomic E-state index is 11.8. The van der Waals surface area contributed by atoms with E-state index in [1.54, 1.807) is 7.11 Å². The van der Waals surface area contributed by atoms with Crippen LogP contribution in [0.3, 0.4) is 0 Å². The Bertz CT molecular complexity index is 663. The van der Waals surface area contributed by atoms with E-state index in [0.29, 0.717) is 24.3 Å². The molecule has 1 heterocycles. The number of aliphatic hydroxyl groups excluding tert-OH is 1. The van der Waals surface area contributed by atoms with Gasteiger partial charge in [-0.15, -0.1) is 0 Å². The van der Waals surface area contributed by atoms with Crippen LogP contribution in [-0.2, 0) is 4.74 Å². The van der Waals surface area contributed by atoms with Crippen molar-refractivity contribution in [3.8, 4) is 0 Å². The molecule has 0 aromatic carbocycles. The average Bonchev–Trinajstić information content (AvgIpc) is 2.61. The minimum Gasteiger partial charge on any atom is -0.393 e. The molecule has 27 heavy (non-hydrogen) atoms. The number of aliphatic hydroxyl groups is 1. The minimum absolute atomic E-state index is 0.268. The van der Waals surface area contributed by atoms with Gasteiger partial charge in [0, 0.05) is 24.9 Å². The third kappa shape index (κ3) is 5.07. The number of amides is 1. The summed E-state index contributed by atoms with van der Waals surface area (Å²) in [5.74, 6) is 0.357. The molecule has 2 fully saturated rings. The quantitative estimate of drug-likeness (QED) is 0.598. The van der Waals surface area contributed by atoms with Crippen molar-refractivity contribution in [1.29, 1.82) is 0 Å².